The van der Waals surface area contributed by atoms with Gasteiger partial charge in [-0.1, -0.05) is 55.8 Å². The zero-order valence-corrected chi connectivity index (χ0v) is 19.2. The molecule has 1 heterocycles. The fourth-order valence-corrected chi connectivity index (χ4v) is 4.38. The molecule has 4 nitrogen and oxygen atoms in total. The number of halogens is 2. The Morgan fingerprint density at radius 3 is 2.52 bits per heavy atom. The quantitative estimate of drug-likeness (QED) is 0.319. The predicted molar refractivity (Wildman–Crippen MR) is 126 cm³/mol. The molecule has 0 N–H and O–H groups in total. The molecule has 0 amide bonds. The lowest BCUT2D eigenvalue weighted by Gasteiger charge is -2.27. The van der Waals surface area contributed by atoms with Gasteiger partial charge in [0.25, 0.3) is 0 Å². The molecule has 0 spiro atoms. The van der Waals surface area contributed by atoms with Crippen LogP contribution in [0.25, 0.3) is 0 Å². The van der Waals surface area contributed by atoms with Crippen LogP contribution in [0.5, 0.6) is 5.75 Å². The van der Waals surface area contributed by atoms with Crippen molar-refractivity contribution >= 4 is 40.5 Å². The number of carbonyl (C=O) groups excluding carboxylic acids is 2. The lowest BCUT2D eigenvalue weighted by Crippen LogP contribution is -2.24. The number of Topliss-reactive ketones (excluding diaryl/α,β-unsaturated/α-hetero) is 2. The summed E-state index contributed by atoms with van der Waals surface area (Å²) in [5.74, 6) is 0.644. The smallest absolute Gasteiger partial charge is 0.179 e. The molecule has 162 valence electrons. The maximum Gasteiger partial charge on any atom is 0.179 e. The summed E-state index contributed by atoms with van der Waals surface area (Å²) in [6.07, 6.45) is 2.47. The van der Waals surface area contributed by atoms with Crippen molar-refractivity contribution in [1.82, 2.24) is 0 Å². The minimum atomic E-state index is -0.860. The van der Waals surface area contributed by atoms with Crippen molar-refractivity contribution in [2.75, 3.05) is 6.61 Å². The summed E-state index contributed by atoms with van der Waals surface area (Å²) in [5, 5.41) is 0.960. The number of ether oxygens (including phenoxy) is 1. The molecular weight excluding hydrogens is 433 g/mol. The fraction of sp³-hybridized carbons (Fsp3) is 0.320. The third-order valence-corrected chi connectivity index (χ3v) is 5.91. The van der Waals surface area contributed by atoms with Gasteiger partial charge in [-0.3, -0.25) is 14.6 Å². The summed E-state index contributed by atoms with van der Waals surface area (Å²) in [5.41, 5.74) is 0.993. The molecule has 1 unspecified atom stereocenters. The molecule has 6 heteroatoms. The van der Waals surface area contributed by atoms with E-state index in [1.807, 2.05) is 13.8 Å². The van der Waals surface area contributed by atoms with E-state index in [1.165, 1.54) is 0 Å². The van der Waals surface area contributed by atoms with Gasteiger partial charge < -0.3 is 4.74 Å². The molecule has 3 rings (SSSR count). The molecule has 2 aromatic rings. The molecule has 1 aliphatic rings. The number of hydrogen-bond acceptors (Lipinski definition) is 4. The number of rotatable bonds is 9. The van der Waals surface area contributed by atoms with Crippen LogP contribution in [0.15, 0.2) is 60.1 Å². The maximum atomic E-state index is 12.9. The van der Waals surface area contributed by atoms with Gasteiger partial charge in [-0.15, -0.1) is 0 Å². The largest absolute Gasteiger partial charge is 0.490 e. The van der Waals surface area contributed by atoms with E-state index >= 15 is 0 Å². The second kappa shape index (κ2) is 9.80. The summed E-state index contributed by atoms with van der Waals surface area (Å²) in [7, 11) is 0. The van der Waals surface area contributed by atoms with E-state index in [4.69, 9.17) is 32.9 Å². The summed E-state index contributed by atoms with van der Waals surface area (Å²) in [6.45, 7) is 7.91. The molecular formula is C25H25Cl2NO3. The highest BCUT2D eigenvalue weighted by Gasteiger charge is 2.43. The molecule has 1 aliphatic heterocycles. The van der Waals surface area contributed by atoms with Crippen LogP contribution in [-0.4, -0.2) is 23.9 Å². The zero-order chi connectivity index (χ0) is 22.6. The van der Waals surface area contributed by atoms with Gasteiger partial charge in [-0.05, 0) is 54.3 Å². The third-order valence-electron chi connectivity index (χ3n) is 5.36. The molecule has 2 aromatic carbocycles. The third kappa shape index (κ3) is 5.25. The van der Waals surface area contributed by atoms with Gasteiger partial charge in [0.2, 0.25) is 0 Å². The first-order valence-corrected chi connectivity index (χ1v) is 11.0. The Morgan fingerprint density at radius 1 is 1.23 bits per heavy atom. The van der Waals surface area contributed by atoms with E-state index in [-0.39, 0.29) is 30.3 Å². The van der Waals surface area contributed by atoms with E-state index in [0.29, 0.717) is 40.1 Å². The maximum absolute atomic E-state index is 12.9. The number of hydrogen-bond donors (Lipinski definition) is 0. The molecule has 1 atom stereocenters. The van der Waals surface area contributed by atoms with E-state index in [2.05, 4.69) is 6.58 Å². The molecule has 0 saturated heterocycles. The minimum absolute atomic E-state index is 0.000683. The highest BCUT2D eigenvalue weighted by Crippen LogP contribution is 2.44. The fourth-order valence-electron chi connectivity index (χ4n) is 3.80. The lowest BCUT2D eigenvalue weighted by molar-refractivity contribution is -0.113. The second-order valence-corrected chi connectivity index (χ2v) is 8.80. The minimum Gasteiger partial charge on any atom is -0.490 e. The lowest BCUT2D eigenvalue weighted by atomic mass is 9.82. The summed E-state index contributed by atoms with van der Waals surface area (Å²) in [4.78, 5) is 30.4. The van der Waals surface area contributed by atoms with Crippen LogP contribution < -0.4 is 4.74 Å². The first-order chi connectivity index (χ1) is 14.8. The van der Waals surface area contributed by atoms with Crippen LogP contribution in [-0.2, 0) is 10.3 Å². The Hall–Kier alpha value is -2.43. The van der Waals surface area contributed by atoms with Crippen molar-refractivity contribution in [2.24, 2.45) is 10.9 Å². The Morgan fingerprint density at radius 2 is 1.94 bits per heavy atom. The zero-order valence-electron chi connectivity index (χ0n) is 17.7. The highest BCUT2D eigenvalue weighted by molar-refractivity contribution is 6.42. The molecule has 0 saturated carbocycles. The van der Waals surface area contributed by atoms with Crippen LogP contribution in [0.2, 0.25) is 10.0 Å². The molecule has 0 radical (unpaired) electrons. The van der Waals surface area contributed by atoms with Crippen molar-refractivity contribution in [1.29, 1.82) is 0 Å². The van der Waals surface area contributed by atoms with Crippen molar-refractivity contribution < 1.29 is 14.3 Å². The van der Waals surface area contributed by atoms with Crippen molar-refractivity contribution in [2.45, 2.75) is 38.6 Å². The van der Waals surface area contributed by atoms with Gasteiger partial charge in [0, 0.05) is 28.5 Å². The summed E-state index contributed by atoms with van der Waals surface area (Å²) < 4.78 is 5.46. The van der Waals surface area contributed by atoms with Crippen molar-refractivity contribution in [3.05, 3.63) is 76.3 Å². The number of benzene rings is 2. The van der Waals surface area contributed by atoms with E-state index in [1.54, 1.807) is 48.5 Å². The topological polar surface area (TPSA) is 55.7 Å². The molecule has 0 aromatic heterocycles. The van der Waals surface area contributed by atoms with Crippen molar-refractivity contribution in [3.63, 3.8) is 0 Å². The van der Waals surface area contributed by atoms with Crippen molar-refractivity contribution in [3.8, 4) is 5.75 Å². The predicted octanol–water partition coefficient (Wildman–Crippen LogP) is 6.49. The average Bonchev–Trinajstić information content (AvgIpc) is 3.08. The Balaban J connectivity index is 1.85. The van der Waals surface area contributed by atoms with Crippen LogP contribution in [0.1, 0.15) is 49.0 Å². The number of nitrogens with zero attached hydrogens (tertiary/aromatic N) is 1. The molecule has 31 heavy (non-hydrogen) atoms. The van der Waals surface area contributed by atoms with Gasteiger partial charge in [-0.2, -0.15) is 0 Å². The molecule has 0 aliphatic carbocycles. The second-order valence-electron chi connectivity index (χ2n) is 7.95. The van der Waals surface area contributed by atoms with Crippen LogP contribution >= 0.6 is 23.2 Å². The number of aliphatic imine (C=N–C) groups is 1. The summed E-state index contributed by atoms with van der Waals surface area (Å²) >= 11 is 12.6. The van der Waals surface area contributed by atoms with E-state index in [0.717, 1.165) is 5.56 Å². The van der Waals surface area contributed by atoms with E-state index in [9.17, 15) is 9.59 Å². The van der Waals surface area contributed by atoms with Crippen LogP contribution in [0.4, 0.5) is 0 Å². The van der Waals surface area contributed by atoms with Crippen LogP contribution in [0.3, 0.4) is 0 Å². The van der Waals surface area contributed by atoms with Gasteiger partial charge >= 0.3 is 0 Å². The monoisotopic (exact) mass is 457 g/mol. The van der Waals surface area contributed by atoms with E-state index < -0.39 is 5.54 Å². The Kier molecular flexibility index (Phi) is 7.34. The van der Waals surface area contributed by atoms with Gasteiger partial charge in [0.15, 0.2) is 11.6 Å². The van der Waals surface area contributed by atoms with Gasteiger partial charge in [-0.25, -0.2) is 0 Å². The number of carbonyl (C=O) groups is 2. The number of ketones is 2. The first-order valence-electron chi connectivity index (χ1n) is 10.2. The SMILES string of the molecule is C=CCOc1ccc(C(=O)CCC2(c3ccc(Cl)cc3Cl)CC(=O)C(C(C)C)=N2)cc1. The molecule has 0 fully saturated rings. The average molecular weight is 458 g/mol. The highest BCUT2D eigenvalue weighted by atomic mass is 35.5. The van der Waals surface area contributed by atoms with Gasteiger partial charge in [0.05, 0.1) is 11.3 Å². The van der Waals surface area contributed by atoms with Gasteiger partial charge in [0.1, 0.15) is 12.4 Å². The standard InChI is InChI=1S/C25H25Cl2NO3/c1-4-13-31-19-8-5-17(6-9-19)22(29)11-12-25(15-23(30)24(28-25)16(2)3)20-10-7-18(26)14-21(20)27/h4-10,14,16H,1,11-13,15H2,2-3H3. The molecule has 0 bridgehead atoms. The first kappa shape index (κ1) is 23.2. The Labute approximate surface area is 192 Å². The Bertz CT molecular complexity index is 1030. The summed E-state index contributed by atoms with van der Waals surface area (Å²) in [6, 6.07) is 12.2. The van der Waals surface area contributed by atoms with Crippen LogP contribution in [0, 0.1) is 5.92 Å². The normalized spacial score (nSPS) is 18.2.